The molecule has 0 aromatic heterocycles. The molecule has 1 aliphatic carbocycles. The summed E-state index contributed by atoms with van der Waals surface area (Å²) in [7, 11) is 0. The van der Waals surface area contributed by atoms with Crippen LogP contribution in [0, 0.1) is 17.8 Å². The summed E-state index contributed by atoms with van der Waals surface area (Å²) in [5, 5.41) is 3.04. The molecular formula is C28H30N2O2. The van der Waals surface area contributed by atoms with Gasteiger partial charge < -0.3 is 5.32 Å². The molecule has 0 bridgehead atoms. The van der Waals surface area contributed by atoms with Crippen LogP contribution in [0.4, 0.5) is 17.1 Å². The van der Waals surface area contributed by atoms with Crippen molar-refractivity contribution in [3.63, 3.8) is 0 Å². The number of nitrogens with zero attached hydrogens (tertiary/aromatic N) is 1. The van der Waals surface area contributed by atoms with E-state index in [1.807, 2.05) is 72.8 Å². The number of para-hydroxylation sites is 2. The van der Waals surface area contributed by atoms with Crippen molar-refractivity contribution in [3.05, 3.63) is 90.5 Å². The molecule has 3 aromatic carbocycles. The third-order valence-corrected chi connectivity index (χ3v) is 6.39. The van der Waals surface area contributed by atoms with Crippen molar-refractivity contribution in [1.29, 1.82) is 0 Å². The molecule has 1 saturated carbocycles. The molecule has 164 valence electrons. The Kier molecular flexibility index (Phi) is 6.69. The third kappa shape index (κ3) is 4.75. The van der Waals surface area contributed by atoms with E-state index in [0.717, 1.165) is 29.9 Å². The molecule has 4 rings (SSSR count). The number of unbranched alkanes of at least 4 members (excludes halogenated alkanes) is 1. The van der Waals surface area contributed by atoms with Gasteiger partial charge in [-0.25, -0.2) is 0 Å². The molecule has 3 atom stereocenters. The van der Waals surface area contributed by atoms with Gasteiger partial charge in [0, 0.05) is 28.5 Å². The van der Waals surface area contributed by atoms with Gasteiger partial charge in [0.05, 0.1) is 0 Å². The lowest BCUT2D eigenvalue weighted by atomic mass is 10.1. The number of hydrogen-bond donors (Lipinski definition) is 1. The van der Waals surface area contributed by atoms with Crippen LogP contribution >= 0.6 is 0 Å². The number of nitrogens with one attached hydrogen (secondary N) is 1. The first-order chi connectivity index (χ1) is 15.6. The fourth-order valence-corrected chi connectivity index (χ4v) is 4.45. The van der Waals surface area contributed by atoms with Crippen molar-refractivity contribution in [2.24, 2.45) is 17.8 Å². The number of benzene rings is 3. The summed E-state index contributed by atoms with van der Waals surface area (Å²) < 4.78 is 0. The summed E-state index contributed by atoms with van der Waals surface area (Å²) in [6.45, 7) is 4.34. The number of hydrogen-bond acceptors (Lipinski definition) is 2. The molecule has 4 heteroatoms. The number of anilines is 3. The molecule has 3 unspecified atom stereocenters. The highest BCUT2D eigenvalue weighted by Gasteiger charge is 2.50. The Balaban J connectivity index is 1.48. The molecular weight excluding hydrogens is 396 g/mol. The van der Waals surface area contributed by atoms with Gasteiger partial charge in [-0.05, 0) is 66.8 Å². The van der Waals surface area contributed by atoms with Crippen LogP contribution in [-0.2, 0) is 4.79 Å². The van der Waals surface area contributed by atoms with Gasteiger partial charge in [0.1, 0.15) is 0 Å². The molecule has 0 radical (unpaired) electrons. The van der Waals surface area contributed by atoms with Crippen LogP contribution in [0.2, 0.25) is 0 Å². The minimum atomic E-state index is -0.115. The zero-order valence-corrected chi connectivity index (χ0v) is 18.7. The van der Waals surface area contributed by atoms with Gasteiger partial charge in [-0.1, -0.05) is 63.1 Å². The molecule has 1 fully saturated rings. The third-order valence-electron chi connectivity index (χ3n) is 6.39. The first-order valence-corrected chi connectivity index (χ1v) is 11.5. The highest BCUT2D eigenvalue weighted by atomic mass is 16.2. The summed E-state index contributed by atoms with van der Waals surface area (Å²) >= 11 is 0. The Hall–Kier alpha value is -3.40. The SMILES string of the molecule is CCCCC1C(C)C1C(=O)Nc1ccc(C(=O)N(c2ccccc2)c2ccccc2)cc1. The minimum absolute atomic E-state index is 0.0906. The molecule has 1 N–H and O–H groups in total. The molecule has 1 aliphatic rings. The number of rotatable bonds is 8. The number of carbonyl (C=O) groups excluding carboxylic acids is 2. The first kappa shape index (κ1) is 21.8. The molecule has 2 amide bonds. The molecule has 4 nitrogen and oxygen atoms in total. The maximum Gasteiger partial charge on any atom is 0.262 e. The van der Waals surface area contributed by atoms with Crippen LogP contribution in [0.5, 0.6) is 0 Å². The second-order valence-electron chi connectivity index (χ2n) is 8.57. The molecule has 0 heterocycles. The normalized spacial score (nSPS) is 19.2. The lowest BCUT2D eigenvalue weighted by Crippen LogP contribution is -2.25. The maximum absolute atomic E-state index is 13.4. The quantitative estimate of drug-likeness (QED) is 0.437. The van der Waals surface area contributed by atoms with E-state index < -0.39 is 0 Å². The van der Waals surface area contributed by atoms with Crippen molar-refractivity contribution < 1.29 is 9.59 Å². The van der Waals surface area contributed by atoms with Gasteiger partial charge in [-0.2, -0.15) is 0 Å². The van der Waals surface area contributed by atoms with Crippen LogP contribution in [0.3, 0.4) is 0 Å². The van der Waals surface area contributed by atoms with Crippen LogP contribution in [0.15, 0.2) is 84.9 Å². The Bertz CT molecular complexity index is 1010. The molecule has 3 aromatic rings. The van der Waals surface area contributed by atoms with E-state index >= 15 is 0 Å². The van der Waals surface area contributed by atoms with Crippen molar-refractivity contribution in [2.45, 2.75) is 33.1 Å². The monoisotopic (exact) mass is 426 g/mol. The van der Waals surface area contributed by atoms with Gasteiger partial charge in [0.2, 0.25) is 5.91 Å². The van der Waals surface area contributed by atoms with E-state index in [9.17, 15) is 9.59 Å². The van der Waals surface area contributed by atoms with Crippen LogP contribution in [-0.4, -0.2) is 11.8 Å². The lowest BCUT2D eigenvalue weighted by molar-refractivity contribution is -0.117. The zero-order chi connectivity index (χ0) is 22.5. The van der Waals surface area contributed by atoms with Crippen molar-refractivity contribution in [3.8, 4) is 0 Å². The second-order valence-corrected chi connectivity index (χ2v) is 8.57. The van der Waals surface area contributed by atoms with Crippen molar-refractivity contribution in [2.75, 3.05) is 10.2 Å². The van der Waals surface area contributed by atoms with Crippen LogP contribution in [0.25, 0.3) is 0 Å². The summed E-state index contributed by atoms with van der Waals surface area (Å²) in [5.41, 5.74) is 2.91. The molecule has 0 saturated heterocycles. The zero-order valence-electron chi connectivity index (χ0n) is 18.7. The van der Waals surface area contributed by atoms with E-state index in [-0.39, 0.29) is 17.7 Å². The van der Waals surface area contributed by atoms with Gasteiger partial charge in [0.25, 0.3) is 5.91 Å². The second kappa shape index (κ2) is 9.82. The van der Waals surface area contributed by atoms with E-state index in [4.69, 9.17) is 0 Å². The number of carbonyl (C=O) groups is 2. The van der Waals surface area contributed by atoms with E-state index in [2.05, 4.69) is 19.2 Å². The maximum atomic E-state index is 13.4. The largest absolute Gasteiger partial charge is 0.326 e. The smallest absolute Gasteiger partial charge is 0.262 e. The standard InChI is InChI=1S/C28H30N2O2/c1-3-4-15-25-20(2)26(25)27(31)29-22-18-16-21(17-19-22)28(32)30(23-11-7-5-8-12-23)24-13-9-6-10-14-24/h5-14,16-20,25-26H,3-4,15H2,1-2H3,(H,29,31). The topological polar surface area (TPSA) is 49.4 Å². The van der Waals surface area contributed by atoms with Gasteiger partial charge in [-0.15, -0.1) is 0 Å². The fourth-order valence-electron chi connectivity index (χ4n) is 4.45. The van der Waals surface area contributed by atoms with Gasteiger partial charge >= 0.3 is 0 Å². The summed E-state index contributed by atoms with van der Waals surface area (Å²) in [6, 6.07) is 26.4. The molecule has 32 heavy (non-hydrogen) atoms. The lowest BCUT2D eigenvalue weighted by Gasteiger charge is -2.23. The molecule has 0 aliphatic heterocycles. The van der Waals surface area contributed by atoms with Gasteiger partial charge in [-0.3, -0.25) is 14.5 Å². The number of amides is 2. The average molecular weight is 427 g/mol. The molecule has 0 spiro atoms. The van der Waals surface area contributed by atoms with E-state index in [1.54, 1.807) is 17.0 Å². The summed E-state index contributed by atoms with van der Waals surface area (Å²) in [5.74, 6) is 1.03. The summed E-state index contributed by atoms with van der Waals surface area (Å²) in [4.78, 5) is 27.8. The Morgan fingerprint density at radius 1 is 0.844 bits per heavy atom. The van der Waals surface area contributed by atoms with E-state index in [0.29, 0.717) is 17.4 Å². The Morgan fingerprint density at radius 3 is 1.94 bits per heavy atom. The average Bonchev–Trinajstić information content (AvgIpc) is 3.49. The van der Waals surface area contributed by atoms with Gasteiger partial charge in [0.15, 0.2) is 0 Å². The van der Waals surface area contributed by atoms with Crippen molar-refractivity contribution >= 4 is 28.9 Å². The predicted octanol–water partition coefficient (Wildman–Crippen LogP) is 6.68. The van der Waals surface area contributed by atoms with Crippen LogP contribution in [0.1, 0.15) is 43.5 Å². The Labute approximate surface area is 190 Å². The summed E-state index contributed by atoms with van der Waals surface area (Å²) in [6.07, 6.45) is 3.46. The van der Waals surface area contributed by atoms with E-state index in [1.165, 1.54) is 6.42 Å². The Morgan fingerprint density at radius 2 is 1.41 bits per heavy atom. The van der Waals surface area contributed by atoms with Crippen LogP contribution < -0.4 is 10.2 Å². The minimum Gasteiger partial charge on any atom is -0.326 e. The fraction of sp³-hybridized carbons (Fsp3) is 0.286. The predicted molar refractivity (Wildman–Crippen MR) is 130 cm³/mol. The highest BCUT2D eigenvalue weighted by molar-refractivity contribution is 6.11. The highest BCUT2D eigenvalue weighted by Crippen LogP contribution is 2.49. The first-order valence-electron chi connectivity index (χ1n) is 11.5. The van der Waals surface area contributed by atoms with Crippen molar-refractivity contribution in [1.82, 2.24) is 0 Å².